The topological polar surface area (TPSA) is 47.6 Å². The molecule has 2 unspecified atom stereocenters. The minimum atomic E-state index is -2.92. The van der Waals surface area contributed by atoms with E-state index < -0.39 is 18.8 Å². The molecule has 0 radical (unpaired) electrons. The number of carbonyl (C=O) groups is 1. The molecular formula is C19H21F2NO3. The molecule has 0 aliphatic rings. The van der Waals surface area contributed by atoms with Crippen molar-refractivity contribution in [2.75, 3.05) is 0 Å². The summed E-state index contributed by atoms with van der Waals surface area (Å²) in [6, 6.07) is 15.0. The van der Waals surface area contributed by atoms with Gasteiger partial charge in [0.25, 0.3) is 5.91 Å². The van der Waals surface area contributed by atoms with Crippen LogP contribution in [-0.2, 0) is 4.79 Å². The summed E-state index contributed by atoms with van der Waals surface area (Å²) >= 11 is 0. The second-order valence-electron chi connectivity index (χ2n) is 5.46. The molecule has 2 aromatic rings. The van der Waals surface area contributed by atoms with Crippen LogP contribution < -0.4 is 14.8 Å². The Labute approximate surface area is 145 Å². The zero-order valence-corrected chi connectivity index (χ0v) is 14.1. The van der Waals surface area contributed by atoms with E-state index >= 15 is 0 Å². The summed E-state index contributed by atoms with van der Waals surface area (Å²) in [5.41, 5.74) is 0.505. The predicted octanol–water partition coefficient (Wildman–Crippen LogP) is 4.32. The van der Waals surface area contributed by atoms with Gasteiger partial charge < -0.3 is 14.8 Å². The van der Waals surface area contributed by atoms with E-state index in [0.717, 1.165) is 0 Å². The normalized spacial score (nSPS) is 13.2. The van der Waals surface area contributed by atoms with Crippen LogP contribution in [-0.4, -0.2) is 18.6 Å². The average Bonchev–Trinajstić information content (AvgIpc) is 2.60. The number of nitrogens with one attached hydrogen (secondary N) is 1. The molecule has 134 valence electrons. The molecule has 0 aromatic heterocycles. The van der Waals surface area contributed by atoms with E-state index in [-0.39, 0.29) is 11.7 Å². The molecule has 2 rings (SSSR count). The van der Waals surface area contributed by atoms with E-state index in [1.165, 1.54) is 6.07 Å². The number of hydrogen-bond donors (Lipinski definition) is 1. The van der Waals surface area contributed by atoms with Crippen LogP contribution >= 0.6 is 0 Å². The van der Waals surface area contributed by atoms with Gasteiger partial charge >= 0.3 is 6.61 Å². The van der Waals surface area contributed by atoms with E-state index in [1.54, 1.807) is 37.3 Å². The molecular weight excluding hydrogens is 328 g/mol. The van der Waals surface area contributed by atoms with Crippen LogP contribution in [0.4, 0.5) is 8.78 Å². The second-order valence-corrected chi connectivity index (χ2v) is 5.46. The molecule has 1 N–H and O–H groups in total. The maximum absolute atomic E-state index is 12.6. The monoisotopic (exact) mass is 349 g/mol. The standard InChI is InChI=1S/C19H21F2NO3/c1-3-16(15-11-7-8-12-17(15)25-19(20)21)22-18(23)13(2)24-14-9-5-4-6-10-14/h4-13,16,19H,3H2,1-2H3,(H,22,23). The number of alkyl halides is 2. The molecule has 2 atom stereocenters. The Morgan fingerprint density at radius 2 is 1.68 bits per heavy atom. The van der Waals surface area contributed by atoms with Crippen LogP contribution in [0.15, 0.2) is 54.6 Å². The molecule has 0 aliphatic carbocycles. The fraction of sp³-hybridized carbons (Fsp3) is 0.316. The van der Waals surface area contributed by atoms with Gasteiger partial charge in [0.1, 0.15) is 11.5 Å². The van der Waals surface area contributed by atoms with Gasteiger partial charge in [0.2, 0.25) is 0 Å². The highest BCUT2D eigenvalue weighted by Crippen LogP contribution is 2.28. The zero-order valence-electron chi connectivity index (χ0n) is 14.1. The molecule has 4 nitrogen and oxygen atoms in total. The van der Waals surface area contributed by atoms with Crippen molar-refractivity contribution in [3.8, 4) is 11.5 Å². The number of benzene rings is 2. The number of hydrogen-bond acceptors (Lipinski definition) is 3. The van der Waals surface area contributed by atoms with Gasteiger partial charge in [-0.15, -0.1) is 0 Å². The Balaban J connectivity index is 2.07. The van der Waals surface area contributed by atoms with Crippen LogP contribution in [0.3, 0.4) is 0 Å². The van der Waals surface area contributed by atoms with Crippen molar-refractivity contribution in [3.05, 3.63) is 60.2 Å². The first-order chi connectivity index (χ1) is 12.0. The lowest BCUT2D eigenvalue weighted by molar-refractivity contribution is -0.128. The summed E-state index contributed by atoms with van der Waals surface area (Å²) in [6.07, 6.45) is -0.201. The molecule has 25 heavy (non-hydrogen) atoms. The van der Waals surface area contributed by atoms with Crippen LogP contribution in [0, 0.1) is 0 Å². The average molecular weight is 349 g/mol. The minimum Gasteiger partial charge on any atom is -0.481 e. The fourth-order valence-electron chi connectivity index (χ4n) is 2.42. The zero-order chi connectivity index (χ0) is 18.2. The first kappa shape index (κ1) is 18.7. The highest BCUT2D eigenvalue weighted by atomic mass is 19.3. The van der Waals surface area contributed by atoms with Crippen molar-refractivity contribution >= 4 is 5.91 Å². The van der Waals surface area contributed by atoms with Crippen molar-refractivity contribution < 1.29 is 23.0 Å². The van der Waals surface area contributed by atoms with Crippen LogP contribution in [0.5, 0.6) is 11.5 Å². The number of ether oxygens (including phenoxy) is 2. The third-order valence-corrected chi connectivity index (χ3v) is 3.66. The van der Waals surface area contributed by atoms with Gasteiger partial charge in [-0.3, -0.25) is 4.79 Å². The quantitative estimate of drug-likeness (QED) is 0.772. The molecule has 2 aromatic carbocycles. The molecule has 0 saturated heterocycles. The van der Waals surface area contributed by atoms with Gasteiger partial charge in [0.05, 0.1) is 6.04 Å². The number of amides is 1. The van der Waals surface area contributed by atoms with E-state index in [4.69, 9.17) is 4.74 Å². The fourth-order valence-corrected chi connectivity index (χ4v) is 2.42. The Bertz CT molecular complexity index is 679. The summed E-state index contributed by atoms with van der Waals surface area (Å²) in [6.45, 7) is 0.568. The Morgan fingerprint density at radius 3 is 2.32 bits per heavy atom. The van der Waals surface area contributed by atoms with Crippen molar-refractivity contribution in [1.29, 1.82) is 0 Å². The number of para-hydroxylation sites is 2. The third-order valence-electron chi connectivity index (χ3n) is 3.66. The smallest absolute Gasteiger partial charge is 0.387 e. The number of halogens is 2. The molecule has 1 amide bonds. The predicted molar refractivity (Wildman–Crippen MR) is 90.8 cm³/mol. The van der Waals surface area contributed by atoms with Gasteiger partial charge in [-0.25, -0.2) is 0 Å². The lowest BCUT2D eigenvalue weighted by atomic mass is 10.0. The first-order valence-corrected chi connectivity index (χ1v) is 8.07. The van der Waals surface area contributed by atoms with Gasteiger partial charge in [-0.05, 0) is 31.5 Å². The number of carbonyl (C=O) groups excluding carboxylic acids is 1. The minimum absolute atomic E-state index is 0.0567. The van der Waals surface area contributed by atoms with Crippen LogP contribution in [0.2, 0.25) is 0 Å². The Hall–Kier alpha value is -2.63. The van der Waals surface area contributed by atoms with E-state index in [2.05, 4.69) is 10.1 Å². The molecule has 0 aliphatic heterocycles. The summed E-state index contributed by atoms with van der Waals surface area (Å²) < 4.78 is 35.3. The second kappa shape index (κ2) is 9.01. The number of rotatable bonds is 8. The van der Waals surface area contributed by atoms with E-state index in [9.17, 15) is 13.6 Å². The van der Waals surface area contributed by atoms with Crippen LogP contribution in [0.1, 0.15) is 31.9 Å². The molecule has 6 heteroatoms. The lowest BCUT2D eigenvalue weighted by Gasteiger charge is -2.22. The van der Waals surface area contributed by atoms with Gasteiger partial charge in [-0.1, -0.05) is 43.3 Å². The van der Waals surface area contributed by atoms with Gasteiger partial charge in [0.15, 0.2) is 6.10 Å². The van der Waals surface area contributed by atoms with E-state index in [0.29, 0.717) is 17.7 Å². The van der Waals surface area contributed by atoms with Crippen LogP contribution in [0.25, 0.3) is 0 Å². The molecule has 0 heterocycles. The van der Waals surface area contributed by atoms with Crippen molar-refractivity contribution in [2.24, 2.45) is 0 Å². The Kier molecular flexibility index (Phi) is 6.74. The first-order valence-electron chi connectivity index (χ1n) is 8.07. The van der Waals surface area contributed by atoms with Crippen molar-refractivity contribution in [3.63, 3.8) is 0 Å². The summed E-state index contributed by atoms with van der Waals surface area (Å²) in [5, 5.41) is 2.83. The van der Waals surface area contributed by atoms with Gasteiger partial charge in [0, 0.05) is 5.56 Å². The van der Waals surface area contributed by atoms with E-state index in [1.807, 2.05) is 25.1 Å². The molecule has 0 bridgehead atoms. The maximum Gasteiger partial charge on any atom is 0.387 e. The lowest BCUT2D eigenvalue weighted by Crippen LogP contribution is -2.38. The highest BCUT2D eigenvalue weighted by Gasteiger charge is 2.22. The summed E-state index contributed by atoms with van der Waals surface area (Å²) in [5.74, 6) is 0.309. The molecule has 0 saturated carbocycles. The van der Waals surface area contributed by atoms with Crippen molar-refractivity contribution in [2.45, 2.75) is 39.0 Å². The SMILES string of the molecule is CCC(NC(=O)C(C)Oc1ccccc1)c1ccccc1OC(F)F. The summed E-state index contributed by atoms with van der Waals surface area (Å²) in [4.78, 5) is 12.4. The van der Waals surface area contributed by atoms with Crippen molar-refractivity contribution in [1.82, 2.24) is 5.32 Å². The molecule has 0 fully saturated rings. The third kappa shape index (κ3) is 5.45. The molecule has 0 spiro atoms. The Morgan fingerprint density at radius 1 is 1.04 bits per heavy atom. The largest absolute Gasteiger partial charge is 0.481 e. The summed E-state index contributed by atoms with van der Waals surface area (Å²) in [7, 11) is 0. The highest BCUT2D eigenvalue weighted by molar-refractivity contribution is 5.81. The van der Waals surface area contributed by atoms with Gasteiger partial charge in [-0.2, -0.15) is 8.78 Å². The maximum atomic E-state index is 12.6.